The molecule has 2 bridgehead atoms. The number of hydrogen-bond acceptors (Lipinski definition) is 4. The third-order valence-corrected chi connectivity index (χ3v) is 5.46. The number of carbonyl (C=O) groups is 2. The van der Waals surface area contributed by atoms with Crippen LogP contribution in [0.1, 0.15) is 46.6 Å². The summed E-state index contributed by atoms with van der Waals surface area (Å²) in [5.41, 5.74) is 0.612. The molecule has 6 nitrogen and oxygen atoms in total. The standard InChI is InChI=1S/C18H18BrN3O3/c19-16-4-3-15(25-16)18(24)22-13-1-2-14(22)10-12(9-13)21-17(23)11-5-7-20-8-6-11/h3-8,12-14H,1-2,9-10H2,(H,21,23)/t12?,13-,14+. The lowest BCUT2D eigenvalue weighted by atomic mass is 9.96. The minimum absolute atomic E-state index is 0.0582. The van der Waals surface area contributed by atoms with Crippen LogP contribution in [0.3, 0.4) is 0 Å². The molecule has 2 fully saturated rings. The van der Waals surface area contributed by atoms with E-state index in [1.807, 2.05) is 4.90 Å². The van der Waals surface area contributed by atoms with E-state index in [4.69, 9.17) is 4.42 Å². The molecule has 130 valence electrons. The van der Waals surface area contributed by atoms with Crippen molar-refractivity contribution >= 4 is 27.7 Å². The van der Waals surface area contributed by atoms with Gasteiger partial charge in [0.25, 0.3) is 11.8 Å². The molecule has 0 aromatic carbocycles. The van der Waals surface area contributed by atoms with Crippen LogP contribution in [0.2, 0.25) is 0 Å². The van der Waals surface area contributed by atoms with Crippen LogP contribution in [0.4, 0.5) is 0 Å². The number of amides is 2. The number of nitrogens with zero attached hydrogens (tertiary/aromatic N) is 2. The molecule has 4 heterocycles. The van der Waals surface area contributed by atoms with E-state index < -0.39 is 0 Å². The second-order valence-electron chi connectivity index (χ2n) is 6.58. The summed E-state index contributed by atoms with van der Waals surface area (Å²) in [5.74, 6) is 0.224. The molecule has 1 unspecified atom stereocenters. The van der Waals surface area contributed by atoms with Crippen molar-refractivity contribution in [3.05, 3.63) is 52.7 Å². The lowest BCUT2D eigenvalue weighted by Gasteiger charge is -2.38. The Morgan fingerprint density at radius 2 is 1.80 bits per heavy atom. The van der Waals surface area contributed by atoms with Crippen molar-refractivity contribution in [3.8, 4) is 0 Å². The fourth-order valence-corrected chi connectivity index (χ4v) is 4.26. The van der Waals surface area contributed by atoms with Gasteiger partial charge in [0.05, 0.1) is 0 Å². The van der Waals surface area contributed by atoms with Crippen molar-refractivity contribution in [1.29, 1.82) is 0 Å². The number of carbonyl (C=O) groups excluding carboxylic acids is 2. The van der Waals surface area contributed by atoms with Gasteiger partial charge in [-0.05, 0) is 65.9 Å². The fraction of sp³-hybridized carbons (Fsp3) is 0.389. The molecule has 7 heteroatoms. The van der Waals surface area contributed by atoms with Crippen LogP contribution in [0, 0.1) is 0 Å². The molecule has 0 spiro atoms. The van der Waals surface area contributed by atoms with Crippen molar-refractivity contribution < 1.29 is 14.0 Å². The van der Waals surface area contributed by atoms with Gasteiger partial charge < -0.3 is 14.6 Å². The summed E-state index contributed by atoms with van der Waals surface area (Å²) < 4.78 is 5.98. The minimum atomic E-state index is -0.0819. The van der Waals surface area contributed by atoms with E-state index in [9.17, 15) is 9.59 Å². The second-order valence-corrected chi connectivity index (χ2v) is 7.36. The number of hydrogen-bond donors (Lipinski definition) is 1. The summed E-state index contributed by atoms with van der Waals surface area (Å²) in [6, 6.07) is 7.23. The topological polar surface area (TPSA) is 75.4 Å². The van der Waals surface area contributed by atoms with E-state index in [0.29, 0.717) is 16.0 Å². The van der Waals surface area contributed by atoms with Crippen LogP contribution < -0.4 is 5.32 Å². The monoisotopic (exact) mass is 403 g/mol. The predicted octanol–water partition coefficient (Wildman–Crippen LogP) is 3.00. The molecule has 25 heavy (non-hydrogen) atoms. The minimum Gasteiger partial charge on any atom is -0.444 e. The summed E-state index contributed by atoms with van der Waals surface area (Å²) in [7, 11) is 0. The SMILES string of the molecule is O=C(NC1C[C@H]2CC[C@@H](C1)N2C(=O)c1ccc(Br)o1)c1ccncc1. The number of piperidine rings is 1. The van der Waals surface area contributed by atoms with E-state index in [1.165, 1.54) is 0 Å². The van der Waals surface area contributed by atoms with Gasteiger partial charge in [-0.2, -0.15) is 0 Å². The molecule has 0 radical (unpaired) electrons. The normalized spacial score (nSPS) is 25.0. The van der Waals surface area contributed by atoms with E-state index in [-0.39, 0.29) is 29.9 Å². The number of fused-ring (bicyclic) bond motifs is 2. The number of halogens is 1. The Labute approximate surface area is 153 Å². The summed E-state index contributed by atoms with van der Waals surface area (Å²) >= 11 is 3.24. The van der Waals surface area contributed by atoms with Gasteiger partial charge in [-0.25, -0.2) is 0 Å². The molecule has 2 amide bonds. The molecule has 1 N–H and O–H groups in total. The Hall–Kier alpha value is -2.15. The first-order chi connectivity index (χ1) is 12.1. The third-order valence-electron chi connectivity index (χ3n) is 5.03. The maximum absolute atomic E-state index is 12.7. The van der Waals surface area contributed by atoms with Crippen molar-refractivity contribution in [2.45, 2.75) is 43.8 Å². The van der Waals surface area contributed by atoms with Gasteiger partial charge in [-0.15, -0.1) is 0 Å². The van der Waals surface area contributed by atoms with Crippen molar-refractivity contribution in [1.82, 2.24) is 15.2 Å². The Morgan fingerprint density at radius 1 is 1.12 bits per heavy atom. The predicted molar refractivity (Wildman–Crippen MR) is 94.1 cm³/mol. The smallest absolute Gasteiger partial charge is 0.290 e. The van der Waals surface area contributed by atoms with Crippen molar-refractivity contribution in [2.75, 3.05) is 0 Å². The Bertz CT molecular complexity index is 778. The number of furan rings is 1. The average Bonchev–Trinajstić information content (AvgIpc) is 3.16. The molecule has 2 aromatic heterocycles. The zero-order valence-corrected chi connectivity index (χ0v) is 15.1. The summed E-state index contributed by atoms with van der Waals surface area (Å²) in [6.45, 7) is 0. The summed E-state index contributed by atoms with van der Waals surface area (Å²) in [5, 5.41) is 3.10. The van der Waals surface area contributed by atoms with E-state index in [2.05, 4.69) is 26.2 Å². The van der Waals surface area contributed by atoms with Crippen LogP contribution >= 0.6 is 15.9 Å². The highest BCUT2D eigenvalue weighted by atomic mass is 79.9. The molecule has 0 aliphatic carbocycles. The number of pyridine rings is 1. The molecule has 2 aliphatic heterocycles. The Morgan fingerprint density at radius 3 is 2.40 bits per heavy atom. The molecule has 2 aliphatic rings. The van der Waals surface area contributed by atoms with Crippen LogP contribution in [0.25, 0.3) is 0 Å². The zero-order valence-electron chi connectivity index (χ0n) is 13.5. The highest BCUT2D eigenvalue weighted by Crippen LogP contribution is 2.37. The summed E-state index contributed by atoms with van der Waals surface area (Å²) in [4.78, 5) is 31.0. The van der Waals surface area contributed by atoms with Gasteiger partial charge in [-0.3, -0.25) is 14.6 Å². The second kappa shape index (κ2) is 6.63. The first-order valence-electron chi connectivity index (χ1n) is 8.40. The third kappa shape index (κ3) is 3.20. The highest BCUT2D eigenvalue weighted by Gasteiger charge is 2.44. The molecule has 3 atom stereocenters. The van der Waals surface area contributed by atoms with E-state index in [0.717, 1.165) is 25.7 Å². The van der Waals surface area contributed by atoms with Crippen LogP contribution in [-0.2, 0) is 0 Å². The Balaban J connectivity index is 1.43. The number of nitrogens with one attached hydrogen (secondary N) is 1. The Kier molecular flexibility index (Phi) is 4.33. The average molecular weight is 404 g/mol. The van der Waals surface area contributed by atoms with Crippen LogP contribution in [0.15, 0.2) is 45.7 Å². The molecular formula is C18H18BrN3O3. The molecule has 0 saturated carbocycles. The van der Waals surface area contributed by atoms with Gasteiger partial charge in [0.1, 0.15) is 0 Å². The van der Waals surface area contributed by atoms with E-state index >= 15 is 0 Å². The van der Waals surface area contributed by atoms with Gasteiger partial charge in [0.15, 0.2) is 10.4 Å². The number of aromatic nitrogens is 1. The first-order valence-corrected chi connectivity index (χ1v) is 9.20. The number of rotatable bonds is 3. The van der Waals surface area contributed by atoms with Crippen molar-refractivity contribution in [3.63, 3.8) is 0 Å². The van der Waals surface area contributed by atoms with Crippen molar-refractivity contribution in [2.24, 2.45) is 0 Å². The molecule has 2 aromatic rings. The maximum Gasteiger partial charge on any atom is 0.290 e. The first kappa shape index (κ1) is 16.3. The summed E-state index contributed by atoms with van der Waals surface area (Å²) in [6.07, 6.45) is 6.73. The van der Waals surface area contributed by atoms with Gasteiger partial charge in [0, 0.05) is 36.1 Å². The lowest BCUT2D eigenvalue weighted by Crippen LogP contribution is -2.52. The quantitative estimate of drug-likeness (QED) is 0.854. The lowest BCUT2D eigenvalue weighted by molar-refractivity contribution is 0.0517. The molecule has 4 rings (SSSR count). The maximum atomic E-state index is 12.7. The molecule has 2 saturated heterocycles. The van der Waals surface area contributed by atoms with Crippen LogP contribution in [0.5, 0.6) is 0 Å². The largest absolute Gasteiger partial charge is 0.444 e. The highest BCUT2D eigenvalue weighted by molar-refractivity contribution is 9.10. The van der Waals surface area contributed by atoms with Crippen LogP contribution in [-0.4, -0.2) is 39.8 Å². The van der Waals surface area contributed by atoms with Gasteiger partial charge >= 0.3 is 0 Å². The fourth-order valence-electron chi connectivity index (χ4n) is 3.95. The van der Waals surface area contributed by atoms with Gasteiger partial charge in [0.2, 0.25) is 0 Å². The zero-order chi connectivity index (χ0) is 17.4. The van der Waals surface area contributed by atoms with E-state index in [1.54, 1.807) is 36.7 Å². The molecular weight excluding hydrogens is 386 g/mol. The van der Waals surface area contributed by atoms with Gasteiger partial charge in [-0.1, -0.05) is 0 Å².